The third kappa shape index (κ3) is 37.9. The number of nitrogens with zero attached hydrogens (tertiary/aromatic N) is 2. The number of aliphatic hydroxyl groups is 1. The molecule has 65 heavy (non-hydrogen) atoms. The molecule has 1 atom stereocenters. The van der Waals surface area contributed by atoms with Crippen molar-refractivity contribution in [3.8, 4) is 0 Å². The van der Waals surface area contributed by atoms with E-state index in [1.54, 1.807) is 0 Å². The lowest BCUT2D eigenvalue weighted by atomic mass is 9.94. The number of hydrogen-bond acceptors (Lipinski definition) is 8. The van der Waals surface area contributed by atoms with Crippen molar-refractivity contribution < 1.29 is 29.0 Å². The molecule has 0 spiro atoms. The molecule has 9 heteroatoms. The van der Waals surface area contributed by atoms with E-state index in [0.29, 0.717) is 51.0 Å². The van der Waals surface area contributed by atoms with Gasteiger partial charge < -0.3 is 19.9 Å². The summed E-state index contributed by atoms with van der Waals surface area (Å²) < 4.78 is 11.6. The number of carbonyl (C=O) groups is 3. The van der Waals surface area contributed by atoms with Gasteiger partial charge in [0.1, 0.15) is 0 Å². The number of hydrogen-bond donors (Lipinski definition) is 2. The summed E-state index contributed by atoms with van der Waals surface area (Å²) in [5.41, 5.74) is 0. The second kappa shape index (κ2) is 46.0. The molecule has 1 fully saturated rings. The number of rotatable bonds is 47. The Morgan fingerprint density at radius 3 is 1.49 bits per heavy atom. The smallest absolute Gasteiger partial charge is 0.305 e. The molecule has 1 rings (SSSR count). The zero-order valence-corrected chi connectivity index (χ0v) is 43.6. The molecule has 1 aliphatic carbocycles. The highest BCUT2D eigenvalue weighted by molar-refractivity contribution is 5.75. The van der Waals surface area contributed by atoms with Gasteiger partial charge >= 0.3 is 11.9 Å². The zero-order valence-electron chi connectivity index (χ0n) is 43.6. The van der Waals surface area contributed by atoms with Crippen molar-refractivity contribution in [1.29, 1.82) is 0 Å². The molecular weight excluding hydrogens is 811 g/mol. The molecule has 1 unspecified atom stereocenters. The molecule has 0 aromatic rings. The molecule has 0 aromatic carbocycles. The van der Waals surface area contributed by atoms with E-state index in [4.69, 9.17) is 9.47 Å². The molecule has 384 valence electrons. The predicted molar refractivity (Wildman–Crippen MR) is 274 cm³/mol. The van der Waals surface area contributed by atoms with Crippen LogP contribution in [-0.4, -0.2) is 97.9 Å². The highest BCUT2D eigenvalue weighted by atomic mass is 16.5. The van der Waals surface area contributed by atoms with Crippen LogP contribution in [0.25, 0.3) is 0 Å². The van der Waals surface area contributed by atoms with Crippen LogP contribution in [-0.2, 0) is 23.9 Å². The Morgan fingerprint density at radius 1 is 0.492 bits per heavy atom. The van der Waals surface area contributed by atoms with Crippen molar-refractivity contribution in [3.63, 3.8) is 0 Å². The molecule has 1 saturated carbocycles. The van der Waals surface area contributed by atoms with E-state index in [0.717, 1.165) is 96.9 Å². The molecule has 0 aliphatic heterocycles. The first kappa shape index (κ1) is 61.3. The fourth-order valence-electron chi connectivity index (χ4n) is 9.69. The van der Waals surface area contributed by atoms with E-state index in [2.05, 4.69) is 42.8 Å². The van der Waals surface area contributed by atoms with Crippen molar-refractivity contribution in [2.24, 2.45) is 11.8 Å². The van der Waals surface area contributed by atoms with Crippen molar-refractivity contribution in [2.45, 2.75) is 271 Å². The molecule has 1 amide bonds. The topological polar surface area (TPSA) is 108 Å². The van der Waals surface area contributed by atoms with Crippen molar-refractivity contribution >= 4 is 17.8 Å². The first-order valence-electron chi connectivity index (χ1n) is 28.5. The summed E-state index contributed by atoms with van der Waals surface area (Å²) in [6.07, 6.45) is 41.9. The number of amides is 1. The highest BCUT2D eigenvalue weighted by Gasteiger charge is 2.22. The Bertz CT molecular complexity index is 1040. The van der Waals surface area contributed by atoms with Crippen LogP contribution >= 0.6 is 0 Å². The number of ether oxygens (including phenoxy) is 2. The number of unbranched alkanes of at least 4 members (excludes halogenated alkanes) is 19. The minimum absolute atomic E-state index is 0.0210. The van der Waals surface area contributed by atoms with Gasteiger partial charge in [0.25, 0.3) is 0 Å². The van der Waals surface area contributed by atoms with Gasteiger partial charge in [-0.2, -0.15) is 0 Å². The Morgan fingerprint density at radius 2 is 0.938 bits per heavy atom. The minimum Gasteiger partial charge on any atom is -0.465 e. The van der Waals surface area contributed by atoms with E-state index < -0.39 is 0 Å². The van der Waals surface area contributed by atoms with Gasteiger partial charge in [-0.3, -0.25) is 24.2 Å². The highest BCUT2D eigenvalue weighted by Crippen LogP contribution is 2.24. The maximum Gasteiger partial charge on any atom is 0.305 e. The molecule has 0 heterocycles. The molecule has 0 aromatic heterocycles. The number of aliphatic hydroxyl groups excluding tert-OH is 1. The maximum atomic E-state index is 12.9. The fourth-order valence-corrected chi connectivity index (χ4v) is 9.69. The van der Waals surface area contributed by atoms with Crippen LogP contribution in [0.4, 0.5) is 0 Å². The SMILES string of the molecule is CCCCCCCCC(CCCCCC)CNC(=O)CCCCCN(CCO)CCN(CCCCC(COC(=O)CCCCCCC)COC(=O)CCCCCCC)C1CCCCCC1. The van der Waals surface area contributed by atoms with Crippen LogP contribution < -0.4 is 5.32 Å². The standard InChI is InChI=1S/C56H109N3O6/c1-5-9-13-17-20-25-35-51(34-24-16-12-8-4)48-57-54(61)39-28-23-32-42-58(46-47-60)44-45-59(53-37-26-21-22-27-38-53)43-33-31-36-52(49-64-55(62)40-29-18-14-10-6-2)50-65-56(63)41-30-19-15-11-7-3/h51-53,60H,5-50H2,1-4H3,(H,57,61). The van der Waals surface area contributed by atoms with Crippen molar-refractivity contribution in [3.05, 3.63) is 0 Å². The average Bonchev–Trinajstić information content (AvgIpc) is 3.60. The molecule has 2 N–H and O–H groups in total. The number of nitrogens with one attached hydrogen (secondary N) is 1. The van der Waals surface area contributed by atoms with Crippen LogP contribution in [0.3, 0.4) is 0 Å². The summed E-state index contributed by atoms with van der Waals surface area (Å²) in [5, 5.41) is 13.3. The van der Waals surface area contributed by atoms with Gasteiger partial charge in [0.15, 0.2) is 0 Å². The Hall–Kier alpha value is -1.71. The summed E-state index contributed by atoms with van der Waals surface area (Å²) in [6.45, 7) is 15.2. The largest absolute Gasteiger partial charge is 0.465 e. The van der Waals surface area contributed by atoms with Crippen molar-refractivity contribution in [2.75, 3.05) is 59.1 Å². The van der Waals surface area contributed by atoms with Crippen LogP contribution in [0.2, 0.25) is 0 Å². The molecular formula is C56H109N3O6. The molecule has 9 nitrogen and oxygen atoms in total. The molecule has 0 saturated heterocycles. The normalized spacial score (nSPS) is 14.0. The zero-order chi connectivity index (χ0) is 47.3. The lowest BCUT2D eigenvalue weighted by Crippen LogP contribution is -2.42. The third-order valence-electron chi connectivity index (χ3n) is 14.1. The lowest BCUT2D eigenvalue weighted by Gasteiger charge is -2.33. The lowest BCUT2D eigenvalue weighted by molar-refractivity contribution is -0.149. The van der Waals surface area contributed by atoms with E-state index in [1.807, 2.05) is 0 Å². The average molecular weight is 921 g/mol. The molecule has 0 radical (unpaired) electrons. The number of carbonyl (C=O) groups excluding carboxylic acids is 3. The van der Waals surface area contributed by atoms with Crippen LogP contribution in [0.15, 0.2) is 0 Å². The van der Waals surface area contributed by atoms with Gasteiger partial charge in [-0.25, -0.2) is 0 Å². The Balaban J connectivity index is 2.65. The van der Waals surface area contributed by atoms with E-state index in [1.165, 1.54) is 154 Å². The van der Waals surface area contributed by atoms with Crippen LogP contribution in [0.1, 0.15) is 265 Å². The van der Waals surface area contributed by atoms with E-state index in [9.17, 15) is 19.5 Å². The van der Waals surface area contributed by atoms with Gasteiger partial charge in [0, 0.05) is 57.4 Å². The second-order valence-corrected chi connectivity index (χ2v) is 20.2. The number of esters is 2. The quantitative estimate of drug-likeness (QED) is 0.0353. The van der Waals surface area contributed by atoms with Gasteiger partial charge in [-0.1, -0.05) is 182 Å². The van der Waals surface area contributed by atoms with Crippen LogP contribution in [0, 0.1) is 11.8 Å². The third-order valence-corrected chi connectivity index (χ3v) is 14.1. The van der Waals surface area contributed by atoms with Gasteiger partial charge in [0.05, 0.1) is 19.8 Å². The van der Waals surface area contributed by atoms with Gasteiger partial charge in [-0.15, -0.1) is 0 Å². The Kier molecular flexibility index (Phi) is 43.4. The van der Waals surface area contributed by atoms with Crippen LogP contribution in [0.5, 0.6) is 0 Å². The fraction of sp³-hybridized carbons (Fsp3) is 0.946. The van der Waals surface area contributed by atoms with E-state index >= 15 is 0 Å². The molecule has 1 aliphatic rings. The first-order valence-corrected chi connectivity index (χ1v) is 28.5. The van der Waals surface area contributed by atoms with E-state index in [-0.39, 0.29) is 30.4 Å². The summed E-state index contributed by atoms with van der Waals surface area (Å²) in [7, 11) is 0. The monoisotopic (exact) mass is 920 g/mol. The summed E-state index contributed by atoms with van der Waals surface area (Å²) >= 11 is 0. The first-order chi connectivity index (χ1) is 31.9. The minimum atomic E-state index is -0.128. The summed E-state index contributed by atoms with van der Waals surface area (Å²) in [6, 6.07) is 0.598. The predicted octanol–water partition coefficient (Wildman–Crippen LogP) is 13.9. The van der Waals surface area contributed by atoms with Gasteiger partial charge in [0.2, 0.25) is 5.91 Å². The van der Waals surface area contributed by atoms with Crippen molar-refractivity contribution in [1.82, 2.24) is 15.1 Å². The van der Waals surface area contributed by atoms with Gasteiger partial charge in [-0.05, 0) is 83.2 Å². The summed E-state index contributed by atoms with van der Waals surface area (Å²) in [5.74, 6) is 0.592. The Labute approximate surface area is 402 Å². The second-order valence-electron chi connectivity index (χ2n) is 20.2. The maximum absolute atomic E-state index is 12.9. The summed E-state index contributed by atoms with van der Waals surface area (Å²) in [4.78, 5) is 43.3. The molecule has 0 bridgehead atoms.